The van der Waals surface area contributed by atoms with E-state index in [1.54, 1.807) is 23.8 Å². The second kappa shape index (κ2) is 10.2. The topological polar surface area (TPSA) is 72.1 Å². The first-order valence-corrected chi connectivity index (χ1v) is 8.73. The van der Waals surface area contributed by atoms with Gasteiger partial charge in [0.25, 0.3) is 0 Å². The molecule has 0 radical (unpaired) electrons. The number of aryl methyl sites for hydroxylation is 1. The van der Waals surface area contributed by atoms with E-state index in [4.69, 9.17) is 4.74 Å². The fraction of sp³-hybridized carbons (Fsp3) is 0.211. The Hall–Kier alpha value is -2.73. The van der Waals surface area contributed by atoms with E-state index >= 15 is 0 Å². The summed E-state index contributed by atoms with van der Waals surface area (Å²) in [4.78, 5) is 17.9. The molecule has 130 valence electrons. The van der Waals surface area contributed by atoms with Gasteiger partial charge in [0.15, 0.2) is 0 Å². The summed E-state index contributed by atoms with van der Waals surface area (Å²) in [5.74, 6) is 0.775. The molecule has 25 heavy (non-hydrogen) atoms. The summed E-state index contributed by atoms with van der Waals surface area (Å²) in [5.41, 5.74) is 1.65. The number of nitrogens with one attached hydrogen (secondary N) is 1. The van der Waals surface area contributed by atoms with Crippen molar-refractivity contribution in [2.45, 2.75) is 19.8 Å². The fourth-order valence-electron chi connectivity index (χ4n) is 2.21. The van der Waals surface area contributed by atoms with Crippen molar-refractivity contribution < 1.29 is 8.95 Å². The number of unbranched alkanes of at least 4 members (excludes halogenated alkanes) is 1. The smallest absolute Gasteiger partial charge is 0.248 e. The standard InChI is InChI=1S/C14H15NO3S.C5H5N/c1-10-8-14(16)15-13-5-4-11(9-12(10)13)18-6-2-3-7-19-17;1-2-4-6-5-3-1/h4-5,7-9H,2-3,6H2,1H3,(H,15,16);1-5H. The van der Waals surface area contributed by atoms with Gasteiger partial charge in [0.05, 0.1) is 17.9 Å². The average Bonchev–Trinajstić information content (AvgIpc) is 2.64. The molecule has 5 nitrogen and oxygen atoms in total. The van der Waals surface area contributed by atoms with E-state index in [1.807, 2.05) is 43.3 Å². The van der Waals surface area contributed by atoms with Crippen molar-refractivity contribution in [3.05, 3.63) is 70.8 Å². The molecule has 0 atom stereocenters. The van der Waals surface area contributed by atoms with Crippen LogP contribution >= 0.6 is 0 Å². The Balaban J connectivity index is 0.000000316. The van der Waals surface area contributed by atoms with E-state index in [-0.39, 0.29) is 5.56 Å². The average molecular weight is 356 g/mol. The van der Waals surface area contributed by atoms with Crippen LogP contribution in [0.3, 0.4) is 0 Å². The van der Waals surface area contributed by atoms with Crippen molar-refractivity contribution in [3.63, 3.8) is 0 Å². The Morgan fingerprint density at radius 1 is 1.20 bits per heavy atom. The number of fused-ring (bicyclic) bond motifs is 1. The molecule has 0 amide bonds. The second-order valence-electron chi connectivity index (χ2n) is 5.30. The summed E-state index contributed by atoms with van der Waals surface area (Å²) in [6.07, 6.45) is 5.06. The highest BCUT2D eigenvalue weighted by Crippen LogP contribution is 2.21. The van der Waals surface area contributed by atoms with Gasteiger partial charge in [-0.25, -0.2) is 4.21 Å². The van der Waals surface area contributed by atoms with Crippen LogP contribution in [0.1, 0.15) is 18.4 Å². The molecule has 3 rings (SSSR count). The third kappa shape index (κ3) is 6.35. The number of nitrogens with zero attached hydrogens (tertiary/aromatic N) is 1. The van der Waals surface area contributed by atoms with E-state index in [2.05, 4.69) is 9.97 Å². The summed E-state index contributed by atoms with van der Waals surface area (Å²) in [7, 11) is 0. The lowest BCUT2D eigenvalue weighted by atomic mass is 10.1. The van der Waals surface area contributed by atoms with E-state index in [1.165, 1.54) is 0 Å². The summed E-state index contributed by atoms with van der Waals surface area (Å²) < 4.78 is 15.8. The van der Waals surface area contributed by atoms with Gasteiger partial charge in [-0.05, 0) is 55.7 Å². The predicted molar refractivity (Wildman–Crippen MR) is 102 cm³/mol. The van der Waals surface area contributed by atoms with Crippen LogP contribution in [0, 0.1) is 6.92 Å². The van der Waals surface area contributed by atoms with Gasteiger partial charge in [0, 0.05) is 34.7 Å². The maximum absolute atomic E-state index is 11.3. The fourth-order valence-corrected chi connectivity index (χ4v) is 2.47. The first-order chi connectivity index (χ1) is 12.2. The van der Waals surface area contributed by atoms with Gasteiger partial charge >= 0.3 is 0 Å². The van der Waals surface area contributed by atoms with Crippen molar-refractivity contribution >= 4 is 27.5 Å². The summed E-state index contributed by atoms with van der Waals surface area (Å²) in [6, 6.07) is 12.9. The molecule has 0 fully saturated rings. The molecule has 0 saturated heterocycles. The molecule has 2 heterocycles. The van der Waals surface area contributed by atoms with E-state index in [9.17, 15) is 9.00 Å². The number of aromatic nitrogens is 2. The van der Waals surface area contributed by atoms with Crippen LogP contribution in [0.4, 0.5) is 0 Å². The molecule has 0 unspecified atom stereocenters. The van der Waals surface area contributed by atoms with Gasteiger partial charge in [-0.1, -0.05) is 6.07 Å². The molecule has 0 aliphatic carbocycles. The third-order valence-electron chi connectivity index (χ3n) is 3.39. The third-order valence-corrected chi connectivity index (χ3v) is 3.76. The van der Waals surface area contributed by atoms with E-state index in [0.717, 1.165) is 35.1 Å². The van der Waals surface area contributed by atoms with Gasteiger partial charge in [-0.15, -0.1) is 0 Å². The molecule has 0 bridgehead atoms. The number of H-pyrrole nitrogens is 1. The van der Waals surface area contributed by atoms with Gasteiger partial charge in [0.1, 0.15) is 5.75 Å². The van der Waals surface area contributed by atoms with Crippen LogP contribution in [-0.4, -0.2) is 26.2 Å². The quantitative estimate of drug-likeness (QED) is 0.563. The lowest BCUT2D eigenvalue weighted by Crippen LogP contribution is -2.05. The molecule has 1 N–H and O–H groups in total. The molecule has 0 aliphatic rings. The Bertz CT molecular complexity index is 877. The lowest BCUT2D eigenvalue weighted by Gasteiger charge is -2.07. The summed E-state index contributed by atoms with van der Waals surface area (Å²) in [6.45, 7) is 2.48. The largest absolute Gasteiger partial charge is 0.494 e. The molecule has 6 heteroatoms. The van der Waals surface area contributed by atoms with Crippen LogP contribution < -0.4 is 10.3 Å². The summed E-state index contributed by atoms with van der Waals surface area (Å²) in [5, 5.41) is 2.61. The zero-order valence-corrected chi connectivity index (χ0v) is 14.8. The second-order valence-corrected chi connectivity index (χ2v) is 5.83. The van der Waals surface area contributed by atoms with Crippen LogP contribution in [0.25, 0.3) is 10.9 Å². The normalized spacial score (nSPS) is 9.80. The Labute approximate surface area is 149 Å². The number of hydrogen-bond acceptors (Lipinski definition) is 4. The molecule has 0 saturated carbocycles. The van der Waals surface area contributed by atoms with Gasteiger partial charge in [0.2, 0.25) is 5.56 Å². The highest BCUT2D eigenvalue weighted by Gasteiger charge is 2.02. The van der Waals surface area contributed by atoms with Crippen molar-refractivity contribution in [2.24, 2.45) is 0 Å². The Kier molecular flexibility index (Phi) is 7.59. The number of aromatic amines is 1. The number of benzene rings is 1. The van der Waals surface area contributed by atoms with Gasteiger partial charge in [-0.3, -0.25) is 9.78 Å². The van der Waals surface area contributed by atoms with Crippen LogP contribution in [0.5, 0.6) is 5.75 Å². The molecular formula is C19H20N2O3S. The van der Waals surface area contributed by atoms with Crippen molar-refractivity contribution in [1.29, 1.82) is 0 Å². The van der Waals surface area contributed by atoms with Gasteiger partial charge < -0.3 is 9.72 Å². The minimum atomic E-state index is -0.0932. The molecule has 3 aromatic rings. The number of hydrogen-bond donors (Lipinski definition) is 1. The molecule has 0 spiro atoms. The van der Waals surface area contributed by atoms with E-state index < -0.39 is 0 Å². The molecule has 2 aromatic heterocycles. The highest BCUT2D eigenvalue weighted by atomic mass is 32.1. The van der Waals surface area contributed by atoms with Crippen LogP contribution in [-0.2, 0) is 11.3 Å². The van der Waals surface area contributed by atoms with Crippen LogP contribution in [0.15, 0.2) is 59.7 Å². The highest BCUT2D eigenvalue weighted by molar-refractivity contribution is 7.64. The van der Waals surface area contributed by atoms with Gasteiger partial charge in [-0.2, -0.15) is 0 Å². The van der Waals surface area contributed by atoms with E-state index in [0.29, 0.717) is 17.9 Å². The van der Waals surface area contributed by atoms with Crippen molar-refractivity contribution in [1.82, 2.24) is 9.97 Å². The van der Waals surface area contributed by atoms with Crippen molar-refractivity contribution in [3.8, 4) is 5.75 Å². The van der Waals surface area contributed by atoms with Crippen LogP contribution in [0.2, 0.25) is 0 Å². The summed E-state index contributed by atoms with van der Waals surface area (Å²) >= 11 is 0.489. The molecule has 0 aliphatic heterocycles. The number of ether oxygens (including phenoxy) is 1. The lowest BCUT2D eigenvalue weighted by molar-refractivity contribution is 0.314. The zero-order chi connectivity index (χ0) is 17.9. The first-order valence-electron chi connectivity index (χ1n) is 7.92. The minimum Gasteiger partial charge on any atom is -0.494 e. The minimum absolute atomic E-state index is 0.0932. The monoisotopic (exact) mass is 356 g/mol. The Morgan fingerprint density at radius 2 is 2.00 bits per heavy atom. The maximum Gasteiger partial charge on any atom is 0.248 e. The first kappa shape index (κ1) is 18.6. The Morgan fingerprint density at radius 3 is 2.64 bits per heavy atom. The van der Waals surface area contributed by atoms with Crippen molar-refractivity contribution in [2.75, 3.05) is 6.61 Å². The zero-order valence-electron chi connectivity index (χ0n) is 14.0. The predicted octanol–water partition coefficient (Wildman–Crippen LogP) is 3.09. The molecule has 1 aromatic carbocycles. The molecular weight excluding hydrogens is 336 g/mol. The SMILES string of the molecule is Cc1cc(=O)[nH]c2ccc(OCCCC=S=O)cc12.c1ccncc1. The number of pyridine rings is 2. The maximum atomic E-state index is 11.3. The number of rotatable bonds is 5.